The van der Waals surface area contributed by atoms with Gasteiger partial charge in [0, 0.05) is 30.1 Å². The first kappa shape index (κ1) is 24.5. The van der Waals surface area contributed by atoms with Crippen LogP contribution in [0.25, 0.3) is 12.2 Å². The van der Waals surface area contributed by atoms with E-state index in [0.29, 0.717) is 23.1 Å². The fraction of sp³-hybridized carbons (Fsp3) is 0.120. The Morgan fingerprint density at radius 3 is 2.50 bits per heavy atom. The summed E-state index contributed by atoms with van der Waals surface area (Å²) in [6.07, 6.45) is 5.77. The van der Waals surface area contributed by atoms with Crippen LogP contribution < -0.4 is 10.2 Å². The molecule has 0 saturated heterocycles. The van der Waals surface area contributed by atoms with Crippen LogP contribution in [0.15, 0.2) is 66.1 Å². The maximum atomic E-state index is 14.2. The van der Waals surface area contributed by atoms with Gasteiger partial charge < -0.3 is 10.1 Å². The summed E-state index contributed by atoms with van der Waals surface area (Å²) in [5.74, 6) is -1.71. The van der Waals surface area contributed by atoms with Gasteiger partial charge in [-0.25, -0.2) is 14.2 Å². The molecule has 34 heavy (non-hydrogen) atoms. The number of hydrogen-bond acceptors (Lipinski definition) is 6. The van der Waals surface area contributed by atoms with Crippen molar-refractivity contribution in [1.29, 1.82) is 0 Å². The lowest BCUT2D eigenvalue weighted by Crippen LogP contribution is -2.23. The molecule has 2 aromatic carbocycles. The van der Waals surface area contributed by atoms with Crippen LogP contribution in [0.5, 0.6) is 0 Å². The van der Waals surface area contributed by atoms with Crippen LogP contribution in [0.4, 0.5) is 20.9 Å². The maximum absolute atomic E-state index is 14.2. The summed E-state index contributed by atoms with van der Waals surface area (Å²) in [6, 6.07) is 12.9. The second kappa shape index (κ2) is 11.7. The summed E-state index contributed by atoms with van der Waals surface area (Å²) in [4.78, 5) is 41.3. The van der Waals surface area contributed by atoms with Gasteiger partial charge in [-0.2, -0.15) is 0 Å². The number of para-hydroxylation sites is 1. The van der Waals surface area contributed by atoms with Crippen molar-refractivity contribution in [3.05, 3.63) is 83.1 Å². The molecule has 0 saturated carbocycles. The Morgan fingerprint density at radius 1 is 1.09 bits per heavy atom. The Hall–Kier alpha value is -4.11. The zero-order chi connectivity index (χ0) is 24.5. The van der Waals surface area contributed by atoms with Crippen molar-refractivity contribution in [3.63, 3.8) is 0 Å². The normalized spacial score (nSPS) is 11.0. The third kappa shape index (κ3) is 6.69. The highest BCUT2D eigenvalue weighted by molar-refractivity contribution is 7.14. The molecule has 1 N–H and O–H groups in total. The number of rotatable bonds is 8. The maximum Gasteiger partial charge on any atom is 0.330 e. The van der Waals surface area contributed by atoms with Gasteiger partial charge in [-0.3, -0.25) is 14.5 Å². The van der Waals surface area contributed by atoms with Crippen molar-refractivity contribution >= 4 is 57.8 Å². The zero-order valence-electron chi connectivity index (χ0n) is 18.5. The smallest absolute Gasteiger partial charge is 0.330 e. The molecule has 0 aliphatic rings. The molecule has 0 atom stereocenters. The van der Waals surface area contributed by atoms with E-state index in [0.717, 1.165) is 16.9 Å². The number of hydrogen-bond donors (Lipinski definition) is 1. The highest BCUT2D eigenvalue weighted by atomic mass is 32.1. The van der Waals surface area contributed by atoms with Crippen molar-refractivity contribution < 1.29 is 23.5 Å². The summed E-state index contributed by atoms with van der Waals surface area (Å²) in [6.45, 7) is 3.37. The average molecular weight is 480 g/mol. The molecule has 0 spiro atoms. The number of nitrogens with one attached hydrogen (secondary N) is 1. The second-order valence-electron chi connectivity index (χ2n) is 6.89. The van der Waals surface area contributed by atoms with Gasteiger partial charge in [-0.1, -0.05) is 24.3 Å². The molecule has 2 amide bonds. The Kier molecular flexibility index (Phi) is 8.42. The van der Waals surface area contributed by atoms with Crippen LogP contribution in [0.3, 0.4) is 0 Å². The number of esters is 1. The van der Waals surface area contributed by atoms with E-state index in [1.165, 1.54) is 42.2 Å². The van der Waals surface area contributed by atoms with Gasteiger partial charge in [0.15, 0.2) is 5.13 Å². The molecule has 3 rings (SSSR count). The topological polar surface area (TPSA) is 88.6 Å². The average Bonchev–Trinajstić information content (AvgIpc) is 3.27. The van der Waals surface area contributed by atoms with Crippen LogP contribution in [-0.2, 0) is 19.1 Å². The van der Waals surface area contributed by atoms with E-state index in [2.05, 4.69) is 10.3 Å². The van der Waals surface area contributed by atoms with Gasteiger partial charge >= 0.3 is 5.97 Å². The van der Waals surface area contributed by atoms with Crippen molar-refractivity contribution in [2.75, 3.05) is 16.8 Å². The number of halogens is 1. The third-order valence-corrected chi connectivity index (χ3v) is 5.24. The van der Waals surface area contributed by atoms with E-state index >= 15 is 0 Å². The SMILES string of the molecule is CCOC(=O)/C=C/c1ccc(NC(=O)/C=C/c2csc(N(C(C)=O)c3ccccc3F)n2)cc1. The largest absolute Gasteiger partial charge is 0.463 e. The summed E-state index contributed by atoms with van der Waals surface area (Å²) in [7, 11) is 0. The molecule has 9 heteroatoms. The van der Waals surface area contributed by atoms with E-state index in [4.69, 9.17) is 4.74 Å². The van der Waals surface area contributed by atoms with Crippen LogP contribution in [0, 0.1) is 5.82 Å². The van der Waals surface area contributed by atoms with Crippen molar-refractivity contribution in [2.45, 2.75) is 13.8 Å². The van der Waals surface area contributed by atoms with E-state index < -0.39 is 11.8 Å². The minimum atomic E-state index is -0.535. The summed E-state index contributed by atoms with van der Waals surface area (Å²) < 4.78 is 19.0. The van der Waals surface area contributed by atoms with Gasteiger partial charge in [0.1, 0.15) is 5.82 Å². The first-order valence-electron chi connectivity index (χ1n) is 10.3. The number of carbonyl (C=O) groups is 3. The summed E-state index contributed by atoms with van der Waals surface area (Å²) >= 11 is 1.16. The molecule has 0 aliphatic carbocycles. The van der Waals surface area contributed by atoms with E-state index in [-0.39, 0.29) is 17.5 Å². The predicted molar refractivity (Wildman–Crippen MR) is 131 cm³/mol. The molecule has 3 aromatic rings. The minimum Gasteiger partial charge on any atom is -0.463 e. The predicted octanol–water partition coefficient (Wildman–Crippen LogP) is 5.20. The number of carbonyl (C=O) groups excluding carboxylic acids is 3. The van der Waals surface area contributed by atoms with E-state index in [9.17, 15) is 18.8 Å². The van der Waals surface area contributed by atoms with E-state index in [1.54, 1.807) is 54.8 Å². The first-order valence-corrected chi connectivity index (χ1v) is 11.2. The Bertz CT molecular complexity index is 1230. The highest BCUT2D eigenvalue weighted by Crippen LogP contribution is 2.31. The number of nitrogens with zero attached hydrogens (tertiary/aromatic N) is 2. The fourth-order valence-electron chi connectivity index (χ4n) is 2.87. The Morgan fingerprint density at radius 2 is 1.82 bits per heavy atom. The fourth-order valence-corrected chi connectivity index (χ4v) is 3.72. The quantitative estimate of drug-likeness (QED) is 0.355. The Labute approximate surface area is 200 Å². The lowest BCUT2D eigenvalue weighted by molar-refractivity contribution is -0.137. The molecule has 1 aromatic heterocycles. The summed E-state index contributed by atoms with van der Waals surface area (Å²) in [5.41, 5.74) is 1.92. The number of amides is 2. The lowest BCUT2D eigenvalue weighted by atomic mass is 10.2. The van der Waals surface area contributed by atoms with Crippen molar-refractivity contribution in [3.8, 4) is 0 Å². The van der Waals surface area contributed by atoms with Crippen molar-refractivity contribution in [2.24, 2.45) is 0 Å². The summed E-state index contributed by atoms with van der Waals surface area (Å²) in [5, 5.41) is 4.69. The molecule has 1 heterocycles. The van der Waals surface area contributed by atoms with Gasteiger partial charge in [0.2, 0.25) is 11.8 Å². The number of benzene rings is 2. The molecule has 0 radical (unpaired) electrons. The number of anilines is 3. The minimum absolute atomic E-state index is 0.109. The first-order chi connectivity index (χ1) is 16.4. The molecule has 174 valence electrons. The lowest BCUT2D eigenvalue weighted by Gasteiger charge is -2.18. The number of thiazole rings is 1. The number of aromatic nitrogens is 1. The van der Waals surface area contributed by atoms with Crippen LogP contribution in [0.1, 0.15) is 25.1 Å². The second-order valence-corrected chi connectivity index (χ2v) is 7.73. The Balaban J connectivity index is 1.63. The standard InChI is InChI=1S/C25H22FN3O4S/c1-3-33-24(32)15-10-18-8-11-19(12-9-18)27-23(31)14-13-20-16-34-25(28-20)29(17(2)30)22-7-5-4-6-21(22)26/h4-16H,3H2,1-2H3,(H,27,31)/b14-13+,15-10+. The van der Waals surface area contributed by atoms with Crippen LogP contribution in [0.2, 0.25) is 0 Å². The number of ether oxygens (including phenoxy) is 1. The molecular weight excluding hydrogens is 457 g/mol. The van der Waals surface area contributed by atoms with Gasteiger partial charge in [0.25, 0.3) is 0 Å². The van der Waals surface area contributed by atoms with Gasteiger partial charge in [0.05, 0.1) is 18.0 Å². The monoisotopic (exact) mass is 479 g/mol. The molecule has 0 fully saturated rings. The van der Waals surface area contributed by atoms with Gasteiger partial charge in [-0.15, -0.1) is 11.3 Å². The third-order valence-electron chi connectivity index (χ3n) is 4.39. The molecule has 0 bridgehead atoms. The molecular formula is C25H22FN3O4S. The van der Waals surface area contributed by atoms with Crippen LogP contribution in [-0.4, -0.2) is 29.4 Å². The van der Waals surface area contributed by atoms with Gasteiger partial charge in [-0.05, 0) is 48.9 Å². The molecule has 7 nitrogen and oxygen atoms in total. The zero-order valence-corrected chi connectivity index (χ0v) is 19.3. The van der Waals surface area contributed by atoms with Crippen LogP contribution >= 0.6 is 11.3 Å². The molecule has 0 unspecified atom stereocenters. The van der Waals surface area contributed by atoms with E-state index in [1.807, 2.05) is 0 Å². The molecule has 0 aliphatic heterocycles. The highest BCUT2D eigenvalue weighted by Gasteiger charge is 2.20. The van der Waals surface area contributed by atoms with Crippen molar-refractivity contribution in [1.82, 2.24) is 4.98 Å².